The molecular weight excluding hydrogens is 357 g/mol. The minimum Gasteiger partial charge on any atom is -0.467 e. The molecule has 127 valence electrons. The van der Waals surface area contributed by atoms with Crippen LogP contribution in [0.5, 0.6) is 6.01 Å². The van der Waals surface area contributed by atoms with Crippen molar-refractivity contribution in [2.24, 2.45) is 0 Å². The van der Waals surface area contributed by atoms with Crippen LogP contribution in [0.15, 0.2) is 48.5 Å². The summed E-state index contributed by atoms with van der Waals surface area (Å²) in [4.78, 5) is 8.72. The van der Waals surface area contributed by atoms with Gasteiger partial charge in [0.2, 0.25) is 0 Å². The molecule has 0 aliphatic rings. The molecule has 0 amide bonds. The number of ether oxygens (including phenoxy) is 1. The predicted molar refractivity (Wildman–Crippen MR) is 102 cm³/mol. The number of halogens is 2. The number of nitrogens with one attached hydrogen (secondary N) is 1. The van der Waals surface area contributed by atoms with Gasteiger partial charge < -0.3 is 10.1 Å². The van der Waals surface area contributed by atoms with Crippen molar-refractivity contribution in [1.29, 1.82) is 0 Å². The molecular formula is C19H16Cl2N3O. The molecule has 4 nitrogen and oxygen atoms in total. The van der Waals surface area contributed by atoms with Gasteiger partial charge in [-0.3, -0.25) is 0 Å². The first-order valence-electron chi connectivity index (χ1n) is 7.73. The van der Waals surface area contributed by atoms with Gasteiger partial charge in [0.25, 0.3) is 0 Å². The smallest absolute Gasteiger partial charge is 0.318 e. The second kappa shape index (κ2) is 8.19. The molecule has 6 heteroatoms. The number of aromatic nitrogens is 2. The number of rotatable bonds is 6. The molecule has 0 saturated carbocycles. The Morgan fingerprint density at radius 2 is 2.04 bits per heavy atom. The largest absolute Gasteiger partial charge is 0.467 e. The Hall–Kier alpha value is -2.30. The van der Waals surface area contributed by atoms with Crippen LogP contribution < -0.4 is 10.1 Å². The molecule has 0 bridgehead atoms. The lowest BCUT2D eigenvalue weighted by Crippen LogP contribution is -2.08. The zero-order valence-corrected chi connectivity index (χ0v) is 15.1. The highest BCUT2D eigenvalue weighted by molar-refractivity contribution is 6.35. The molecule has 1 aromatic heterocycles. The normalized spacial score (nSPS) is 10.5. The van der Waals surface area contributed by atoms with E-state index in [4.69, 9.17) is 27.9 Å². The lowest BCUT2D eigenvalue weighted by Gasteiger charge is -2.10. The molecule has 0 saturated heterocycles. The van der Waals surface area contributed by atoms with Gasteiger partial charge in [-0.15, -0.1) is 0 Å². The molecule has 0 atom stereocenters. The van der Waals surface area contributed by atoms with E-state index in [9.17, 15) is 0 Å². The number of anilines is 1. The maximum atomic E-state index is 6.20. The average molecular weight is 373 g/mol. The third-order valence-corrected chi connectivity index (χ3v) is 4.19. The molecule has 0 aliphatic heterocycles. The van der Waals surface area contributed by atoms with Crippen LogP contribution in [0.3, 0.4) is 0 Å². The van der Waals surface area contributed by atoms with Crippen LogP contribution in [0, 0.1) is 6.07 Å². The number of hydrogen-bond donors (Lipinski definition) is 1. The number of hydrogen-bond acceptors (Lipinski definition) is 4. The van der Waals surface area contributed by atoms with Crippen LogP contribution in [0.2, 0.25) is 10.0 Å². The van der Waals surface area contributed by atoms with E-state index in [0.29, 0.717) is 28.4 Å². The van der Waals surface area contributed by atoms with Crippen molar-refractivity contribution in [3.63, 3.8) is 0 Å². The second-order valence-corrected chi connectivity index (χ2v) is 6.17. The first-order valence-corrected chi connectivity index (χ1v) is 8.48. The van der Waals surface area contributed by atoms with Crippen LogP contribution in [0.4, 0.5) is 5.82 Å². The second-order valence-electron chi connectivity index (χ2n) is 5.33. The maximum absolute atomic E-state index is 6.20. The van der Waals surface area contributed by atoms with E-state index in [2.05, 4.69) is 21.4 Å². The molecule has 3 aromatic rings. The van der Waals surface area contributed by atoms with Crippen molar-refractivity contribution in [3.8, 4) is 17.3 Å². The van der Waals surface area contributed by atoms with Gasteiger partial charge in [0.1, 0.15) is 5.82 Å². The molecule has 1 heterocycles. The SMILES string of the molecule is COc1nc(NCCc2ccc(Cl)cc2Cl)cc(-c2c[c]ccc2)n1. The topological polar surface area (TPSA) is 47.0 Å². The molecule has 0 fully saturated rings. The van der Waals surface area contributed by atoms with Crippen molar-refractivity contribution in [1.82, 2.24) is 9.97 Å². The molecule has 1 N–H and O–H groups in total. The van der Waals surface area contributed by atoms with Crippen LogP contribution in [0.1, 0.15) is 5.56 Å². The zero-order chi connectivity index (χ0) is 17.6. The Morgan fingerprint density at radius 3 is 2.76 bits per heavy atom. The van der Waals surface area contributed by atoms with Gasteiger partial charge >= 0.3 is 6.01 Å². The van der Waals surface area contributed by atoms with Crippen molar-refractivity contribution in [3.05, 3.63) is 70.2 Å². The molecule has 3 rings (SSSR count). The highest BCUT2D eigenvalue weighted by Crippen LogP contribution is 2.23. The quantitative estimate of drug-likeness (QED) is 0.667. The Morgan fingerprint density at radius 1 is 1.16 bits per heavy atom. The lowest BCUT2D eigenvalue weighted by atomic mass is 10.1. The fraction of sp³-hybridized carbons (Fsp3) is 0.158. The molecule has 2 aromatic carbocycles. The Bertz CT molecular complexity index is 857. The van der Waals surface area contributed by atoms with Crippen molar-refractivity contribution in [2.45, 2.75) is 6.42 Å². The predicted octanol–water partition coefficient (Wildman–Crippen LogP) is 4.91. The van der Waals surface area contributed by atoms with Gasteiger partial charge in [0.15, 0.2) is 0 Å². The summed E-state index contributed by atoms with van der Waals surface area (Å²) in [5, 5.41) is 4.58. The van der Waals surface area contributed by atoms with Gasteiger partial charge in [-0.05, 0) is 36.2 Å². The van der Waals surface area contributed by atoms with E-state index >= 15 is 0 Å². The Kier molecular flexibility index (Phi) is 5.74. The maximum Gasteiger partial charge on any atom is 0.318 e. The van der Waals surface area contributed by atoms with Crippen LogP contribution in [-0.4, -0.2) is 23.6 Å². The molecule has 25 heavy (non-hydrogen) atoms. The first kappa shape index (κ1) is 17.5. The third kappa shape index (κ3) is 4.62. The number of benzene rings is 2. The van der Waals surface area contributed by atoms with E-state index in [1.54, 1.807) is 13.2 Å². The van der Waals surface area contributed by atoms with E-state index in [1.165, 1.54) is 0 Å². The first-order chi connectivity index (χ1) is 12.2. The lowest BCUT2D eigenvalue weighted by molar-refractivity contribution is 0.381. The Balaban J connectivity index is 1.73. The van der Waals surface area contributed by atoms with Crippen molar-refractivity contribution >= 4 is 29.0 Å². The molecule has 0 spiro atoms. The van der Waals surface area contributed by atoms with Crippen LogP contribution >= 0.6 is 23.2 Å². The highest BCUT2D eigenvalue weighted by atomic mass is 35.5. The van der Waals surface area contributed by atoms with E-state index in [-0.39, 0.29) is 0 Å². The number of methoxy groups -OCH3 is 1. The summed E-state index contributed by atoms with van der Waals surface area (Å²) in [7, 11) is 1.55. The van der Waals surface area contributed by atoms with Crippen molar-refractivity contribution in [2.75, 3.05) is 19.0 Å². The fourth-order valence-electron chi connectivity index (χ4n) is 2.36. The summed E-state index contributed by atoms with van der Waals surface area (Å²) in [6, 6.07) is 18.4. The van der Waals surface area contributed by atoms with Gasteiger partial charge in [0, 0.05) is 28.2 Å². The minimum atomic E-state index is 0.313. The molecule has 0 aliphatic carbocycles. The van der Waals surface area contributed by atoms with Crippen LogP contribution in [-0.2, 0) is 6.42 Å². The van der Waals surface area contributed by atoms with Crippen molar-refractivity contribution < 1.29 is 4.74 Å². The van der Waals surface area contributed by atoms with Crippen LogP contribution in [0.25, 0.3) is 11.3 Å². The van der Waals surface area contributed by atoms with Gasteiger partial charge in [-0.2, -0.15) is 9.97 Å². The van der Waals surface area contributed by atoms with Gasteiger partial charge in [-0.25, -0.2) is 0 Å². The standard InChI is InChI=1S/C19H16Cl2N3O/c1-25-19-23-17(14-5-3-2-4-6-14)12-18(24-19)22-10-9-13-7-8-15(20)11-16(13)21/h2-3,5-8,11-12H,9-10H2,1H3,(H,22,23,24). The third-order valence-electron chi connectivity index (χ3n) is 3.61. The van der Waals surface area contributed by atoms with E-state index < -0.39 is 0 Å². The fourth-order valence-corrected chi connectivity index (χ4v) is 2.86. The van der Waals surface area contributed by atoms with Gasteiger partial charge in [0.05, 0.1) is 12.8 Å². The zero-order valence-electron chi connectivity index (χ0n) is 13.6. The summed E-state index contributed by atoms with van der Waals surface area (Å²) >= 11 is 12.1. The van der Waals surface area contributed by atoms with Gasteiger partial charge in [-0.1, -0.05) is 47.5 Å². The summed E-state index contributed by atoms with van der Waals surface area (Å²) in [5.41, 5.74) is 2.75. The monoisotopic (exact) mass is 372 g/mol. The Labute approximate surface area is 156 Å². The summed E-state index contributed by atoms with van der Waals surface area (Å²) < 4.78 is 5.21. The number of nitrogens with zero attached hydrogens (tertiary/aromatic N) is 2. The summed E-state index contributed by atoms with van der Waals surface area (Å²) in [6.45, 7) is 0.669. The minimum absolute atomic E-state index is 0.313. The summed E-state index contributed by atoms with van der Waals surface area (Å²) in [5.74, 6) is 0.691. The molecule has 0 unspecified atom stereocenters. The van der Waals surface area contributed by atoms with E-state index in [1.807, 2.05) is 42.5 Å². The van der Waals surface area contributed by atoms with E-state index in [0.717, 1.165) is 23.2 Å². The average Bonchev–Trinajstić information content (AvgIpc) is 2.64. The highest BCUT2D eigenvalue weighted by Gasteiger charge is 2.07. The molecule has 1 radical (unpaired) electrons. The summed E-state index contributed by atoms with van der Waals surface area (Å²) in [6.07, 6.45) is 0.747.